The summed E-state index contributed by atoms with van der Waals surface area (Å²) in [5.41, 5.74) is 0. The molecule has 6 heteroatoms. The van der Waals surface area contributed by atoms with Crippen molar-refractivity contribution in [1.29, 1.82) is 0 Å². The molecule has 0 aromatic heterocycles. The molecule has 2 aliphatic rings. The summed E-state index contributed by atoms with van der Waals surface area (Å²) in [6.45, 7) is 3.04. The van der Waals surface area contributed by atoms with E-state index in [1.807, 2.05) is 0 Å². The monoisotopic (exact) mass is 254 g/mol. The summed E-state index contributed by atoms with van der Waals surface area (Å²) in [5, 5.41) is 3.18. The van der Waals surface area contributed by atoms with E-state index in [4.69, 9.17) is 0 Å². The number of alkyl halides is 2. The molecule has 1 N–H and O–H groups in total. The van der Waals surface area contributed by atoms with Crippen LogP contribution in [-0.4, -0.2) is 42.9 Å². The Bertz CT molecular complexity index is 247. The van der Waals surface area contributed by atoms with Crippen LogP contribution in [0.3, 0.4) is 0 Å². The van der Waals surface area contributed by atoms with Gasteiger partial charge < -0.3 is 10.2 Å². The minimum atomic E-state index is -2.59. The molecule has 1 heterocycles. The second-order valence-electron chi connectivity index (χ2n) is 4.39. The quantitative estimate of drug-likeness (QED) is 0.765. The van der Waals surface area contributed by atoms with E-state index in [1.165, 1.54) is 0 Å². The maximum absolute atomic E-state index is 12.6. The van der Waals surface area contributed by atoms with Gasteiger partial charge in [0.25, 0.3) is 0 Å². The second-order valence-corrected chi connectivity index (χ2v) is 4.39. The van der Waals surface area contributed by atoms with Crippen LogP contribution in [0.4, 0.5) is 8.78 Å². The van der Waals surface area contributed by atoms with E-state index in [-0.39, 0.29) is 31.2 Å². The molecule has 2 rings (SSSR count). The maximum Gasteiger partial charge on any atom is 0.249 e. The zero-order valence-electron chi connectivity index (χ0n) is 9.05. The Kier molecular flexibility index (Phi) is 4.50. The van der Waals surface area contributed by atoms with Crippen LogP contribution >= 0.6 is 12.4 Å². The molecular weight excluding hydrogens is 238 g/mol. The molecule has 3 nitrogen and oxygen atoms in total. The zero-order chi connectivity index (χ0) is 10.9. The molecule has 2 fully saturated rings. The van der Waals surface area contributed by atoms with Crippen LogP contribution in [-0.2, 0) is 4.79 Å². The highest BCUT2D eigenvalue weighted by atomic mass is 35.5. The zero-order valence-corrected chi connectivity index (χ0v) is 9.86. The number of hydrogen-bond acceptors (Lipinski definition) is 2. The Morgan fingerprint density at radius 2 is 1.94 bits per heavy atom. The second kappa shape index (κ2) is 5.27. The number of hydrogen-bond donors (Lipinski definition) is 1. The molecule has 94 valence electrons. The fourth-order valence-corrected chi connectivity index (χ4v) is 2.16. The van der Waals surface area contributed by atoms with Crippen LogP contribution in [0.15, 0.2) is 0 Å². The molecule has 1 saturated heterocycles. The first-order valence-corrected chi connectivity index (χ1v) is 5.46. The fourth-order valence-electron chi connectivity index (χ4n) is 2.16. The number of amides is 1. The van der Waals surface area contributed by atoms with E-state index in [0.717, 1.165) is 19.5 Å². The van der Waals surface area contributed by atoms with Gasteiger partial charge in [-0.25, -0.2) is 8.78 Å². The number of carbonyl (C=O) groups is 1. The number of nitrogens with zero attached hydrogens (tertiary/aromatic N) is 1. The standard InChI is InChI=1S/C10H16F2N2O.ClH/c11-10(12)6-8(7-10)9(15)14-4-1-2-13-3-5-14;/h8,13H,1-7H2;1H. The summed E-state index contributed by atoms with van der Waals surface area (Å²) >= 11 is 0. The number of halogens is 3. The van der Waals surface area contributed by atoms with E-state index >= 15 is 0 Å². The van der Waals surface area contributed by atoms with Crippen LogP contribution in [0.2, 0.25) is 0 Å². The third-order valence-corrected chi connectivity index (χ3v) is 3.09. The lowest BCUT2D eigenvalue weighted by Crippen LogP contribution is -2.47. The topological polar surface area (TPSA) is 32.3 Å². The highest BCUT2D eigenvalue weighted by Crippen LogP contribution is 2.43. The molecule has 1 saturated carbocycles. The van der Waals surface area contributed by atoms with E-state index in [1.54, 1.807) is 4.90 Å². The van der Waals surface area contributed by atoms with Crippen molar-refractivity contribution in [2.45, 2.75) is 25.2 Å². The van der Waals surface area contributed by atoms with Gasteiger partial charge in [0, 0.05) is 38.4 Å². The minimum absolute atomic E-state index is 0. The predicted molar refractivity (Wildman–Crippen MR) is 59.0 cm³/mol. The highest BCUT2D eigenvalue weighted by Gasteiger charge is 2.49. The number of rotatable bonds is 1. The third kappa shape index (κ3) is 3.04. The van der Waals surface area contributed by atoms with Crippen molar-refractivity contribution >= 4 is 18.3 Å². The molecule has 0 unspecified atom stereocenters. The number of nitrogens with one attached hydrogen (secondary N) is 1. The van der Waals surface area contributed by atoms with Crippen molar-refractivity contribution in [3.05, 3.63) is 0 Å². The summed E-state index contributed by atoms with van der Waals surface area (Å²) in [7, 11) is 0. The maximum atomic E-state index is 12.6. The van der Waals surface area contributed by atoms with Gasteiger partial charge in [0.1, 0.15) is 0 Å². The lowest BCUT2D eigenvalue weighted by atomic mass is 9.80. The molecule has 0 bridgehead atoms. The average Bonchev–Trinajstić information content (AvgIpc) is 2.40. The Morgan fingerprint density at radius 1 is 1.25 bits per heavy atom. The first-order chi connectivity index (χ1) is 7.08. The normalized spacial score (nSPS) is 25.2. The van der Waals surface area contributed by atoms with Gasteiger partial charge in [-0.2, -0.15) is 0 Å². The predicted octanol–water partition coefficient (Wildman–Crippen LogP) is 1.28. The molecule has 1 amide bonds. The van der Waals surface area contributed by atoms with Crippen LogP contribution in [0.1, 0.15) is 19.3 Å². The third-order valence-electron chi connectivity index (χ3n) is 3.09. The molecule has 0 aromatic rings. The van der Waals surface area contributed by atoms with Gasteiger partial charge in [-0.3, -0.25) is 4.79 Å². The van der Waals surface area contributed by atoms with Crippen molar-refractivity contribution < 1.29 is 13.6 Å². The smallest absolute Gasteiger partial charge is 0.249 e. The van der Waals surface area contributed by atoms with Crippen LogP contribution < -0.4 is 5.32 Å². The Morgan fingerprint density at radius 3 is 2.56 bits per heavy atom. The van der Waals surface area contributed by atoms with E-state index in [9.17, 15) is 13.6 Å². The molecular formula is C10H17ClF2N2O. The van der Waals surface area contributed by atoms with Gasteiger partial charge in [-0.15, -0.1) is 12.4 Å². The molecule has 16 heavy (non-hydrogen) atoms. The summed E-state index contributed by atoms with van der Waals surface area (Å²) in [4.78, 5) is 13.5. The molecule has 0 radical (unpaired) electrons. The Labute approximate surface area is 100.0 Å². The summed E-state index contributed by atoms with van der Waals surface area (Å²) in [6.07, 6.45) is 0.403. The van der Waals surface area contributed by atoms with Crippen molar-refractivity contribution in [1.82, 2.24) is 10.2 Å². The average molecular weight is 255 g/mol. The van der Waals surface area contributed by atoms with Gasteiger partial charge in [0.15, 0.2) is 0 Å². The summed E-state index contributed by atoms with van der Waals surface area (Å²) < 4.78 is 25.2. The molecule has 0 atom stereocenters. The van der Waals surface area contributed by atoms with E-state index in [0.29, 0.717) is 13.1 Å². The molecule has 1 aliphatic heterocycles. The van der Waals surface area contributed by atoms with Crippen molar-refractivity contribution in [2.75, 3.05) is 26.2 Å². The molecule has 0 spiro atoms. The Hall–Kier alpha value is -0.420. The van der Waals surface area contributed by atoms with E-state index in [2.05, 4.69) is 5.32 Å². The lowest BCUT2D eigenvalue weighted by Gasteiger charge is -2.36. The largest absolute Gasteiger partial charge is 0.341 e. The molecule has 0 aromatic carbocycles. The lowest BCUT2D eigenvalue weighted by molar-refractivity contribution is -0.159. The van der Waals surface area contributed by atoms with Gasteiger partial charge in [-0.1, -0.05) is 0 Å². The van der Waals surface area contributed by atoms with E-state index < -0.39 is 11.8 Å². The first-order valence-electron chi connectivity index (χ1n) is 5.46. The summed E-state index contributed by atoms with van der Waals surface area (Å²) in [5.74, 6) is -3.10. The van der Waals surface area contributed by atoms with Crippen molar-refractivity contribution in [3.63, 3.8) is 0 Å². The fraction of sp³-hybridized carbons (Fsp3) is 0.900. The Balaban J connectivity index is 0.00000128. The van der Waals surface area contributed by atoms with Crippen molar-refractivity contribution in [3.8, 4) is 0 Å². The van der Waals surface area contributed by atoms with Crippen LogP contribution in [0.5, 0.6) is 0 Å². The van der Waals surface area contributed by atoms with Crippen LogP contribution in [0.25, 0.3) is 0 Å². The SMILES string of the molecule is Cl.O=C(C1CC(F)(F)C1)N1CCCNCC1. The van der Waals surface area contributed by atoms with Gasteiger partial charge in [0.05, 0.1) is 0 Å². The van der Waals surface area contributed by atoms with Gasteiger partial charge in [0.2, 0.25) is 11.8 Å². The molecule has 1 aliphatic carbocycles. The number of carbonyl (C=O) groups excluding carboxylic acids is 1. The van der Waals surface area contributed by atoms with Gasteiger partial charge >= 0.3 is 0 Å². The van der Waals surface area contributed by atoms with Crippen LogP contribution in [0, 0.1) is 5.92 Å². The summed E-state index contributed by atoms with van der Waals surface area (Å²) in [6, 6.07) is 0. The minimum Gasteiger partial charge on any atom is -0.341 e. The first kappa shape index (κ1) is 13.6. The van der Waals surface area contributed by atoms with Crippen molar-refractivity contribution in [2.24, 2.45) is 5.92 Å². The van der Waals surface area contributed by atoms with Gasteiger partial charge in [-0.05, 0) is 13.0 Å². The highest BCUT2D eigenvalue weighted by molar-refractivity contribution is 5.85.